The molecule has 0 unspecified atom stereocenters. The molecule has 1 rings (SSSR count). The first kappa shape index (κ1) is 17.1. The lowest BCUT2D eigenvalue weighted by Gasteiger charge is -2.06. The molecule has 5 nitrogen and oxygen atoms in total. The molecule has 6 heteroatoms. The molecule has 0 radical (unpaired) electrons. The minimum atomic E-state index is -0.0562. The van der Waals surface area contributed by atoms with Crippen molar-refractivity contribution in [1.29, 1.82) is 5.26 Å². The first-order valence-corrected chi connectivity index (χ1v) is 7.85. The van der Waals surface area contributed by atoms with Crippen molar-refractivity contribution in [2.75, 3.05) is 18.8 Å². The van der Waals surface area contributed by atoms with Gasteiger partial charge >= 0.3 is 0 Å². The van der Waals surface area contributed by atoms with Crippen molar-refractivity contribution < 1.29 is 9.59 Å². The SMILES string of the molecule is CC(=O)NCCCNC(=O)CSCc1ccc(C#N)cc1. The molecule has 0 bridgehead atoms. The van der Waals surface area contributed by atoms with Gasteiger partial charge in [-0.25, -0.2) is 0 Å². The lowest BCUT2D eigenvalue weighted by molar-refractivity contribution is -0.119. The highest BCUT2D eigenvalue weighted by molar-refractivity contribution is 7.99. The summed E-state index contributed by atoms with van der Waals surface area (Å²) in [5.74, 6) is 1.08. The zero-order valence-corrected chi connectivity index (χ0v) is 12.8. The van der Waals surface area contributed by atoms with Crippen LogP contribution in [0.25, 0.3) is 0 Å². The van der Waals surface area contributed by atoms with Crippen molar-refractivity contribution in [3.63, 3.8) is 0 Å². The second kappa shape index (κ2) is 9.83. The number of hydrogen-bond acceptors (Lipinski definition) is 4. The van der Waals surface area contributed by atoms with Crippen LogP contribution in [0.5, 0.6) is 0 Å². The summed E-state index contributed by atoms with van der Waals surface area (Å²) in [6.45, 7) is 2.61. The van der Waals surface area contributed by atoms with E-state index in [9.17, 15) is 9.59 Å². The average molecular weight is 305 g/mol. The molecule has 1 aromatic carbocycles. The molecule has 0 saturated carbocycles. The van der Waals surface area contributed by atoms with Gasteiger partial charge in [0.25, 0.3) is 0 Å². The molecular weight excluding hydrogens is 286 g/mol. The number of rotatable bonds is 8. The molecule has 0 aliphatic carbocycles. The van der Waals surface area contributed by atoms with Gasteiger partial charge in [-0.1, -0.05) is 12.1 Å². The van der Waals surface area contributed by atoms with E-state index in [0.29, 0.717) is 24.4 Å². The van der Waals surface area contributed by atoms with Gasteiger partial charge in [0.15, 0.2) is 0 Å². The Morgan fingerprint density at radius 3 is 2.48 bits per heavy atom. The molecule has 0 spiro atoms. The summed E-state index contributed by atoms with van der Waals surface area (Å²) in [6, 6.07) is 9.42. The molecule has 0 heterocycles. The Bertz CT molecular complexity index is 509. The number of thioether (sulfide) groups is 1. The van der Waals surface area contributed by atoms with Crippen LogP contribution < -0.4 is 10.6 Å². The molecule has 0 aliphatic rings. The van der Waals surface area contributed by atoms with Gasteiger partial charge in [0.05, 0.1) is 17.4 Å². The summed E-state index contributed by atoms with van der Waals surface area (Å²) in [7, 11) is 0. The quantitative estimate of drug-likeness (QED) is 0.712. The van der Waals surface area contributed by atoms with Crippen molar-refractivity contribution in [3.05, 3.63) is 35.4 Å². The van der Waals surface area contributed by atoms with Gasteiger partial charge in [-0.3, -0.25) is 9.59 Å². The standard InChI is InChI=1S/C15H19N3O2S/c1-12(19)17-7-2-8-18-15(20)11-21-10-14-5-3-13(9-16)4-6-14/h3-6H,2,7-8,10-11H2,1H3,(H,17,19)(H,18,20). The van der Waals surface area contributed by atoms with Gasteiger partial charge in [-0.2, -0.15) is 5.26 Å². The minimum absolute atomic E-state index is 0.00327. The fourth-order valence-corrected chi connectivity index (χ4v) is 2.39. The van der Waals surface area contributed by atoms with Gasteiger partial charge in [-0.05, 0) is 24.1 Å². The highest BCUT2D eigenvalue weighted by atomic mass is 32.2. The summed E-state index contributed by atoms with van der Waals surface area (Å²) < 4.78 is 0. The average Bonchev–Trinajstić information content (AvgIpc) is 2.47. The Morgan fingerprint density at radius 1 is 1.19 bits per heavy atom. The first-order valence-electron chi connectivity index (χ1n) is 6.69. The summed E-state index contributed by atoms with van der Waals surface area (Å²) in [5.41, 5.74) is 1.73. The van der Waals surface area contributed by atoms with Crippen LogP contribution in [-0.4, -0.2) is 30.7 Å². The Hall–Kier alpha value is -2.00. The molecule has 1 aromatic rings. The van der Waals surface area contributed by atoms with Crippen LogP contribution in [0.3, 0.4) is 0 Å². The van der Waals surface area contributed by atoms with Gasteiger partial charge in [-0.15, -0.1) is 11.8 Å². The van der Waals surface area contributed by atoms with Crippen LogP contribution >= 0.6 is 11.8 Å². The van der Waals surface area contributed by atoms with Crippen molar-refractivity contribution in [3.8, 4) is 6.07 Å². The fraction of sp³-hybridized carbons (Fsp3) is 0.400. The monoisotopic (exact) mass is 305 g/mol. The molecule has 0 atom stereocenters. The van der Waals surface area contributed by atoms with E-state index in [1.54, 1.807) is 12.1 Å². The minimum Gasteiger partial charge on any atom is -0.356 e. The second-order valence-corrected chi connectivity index (χ2v) is 5.47. The second-order valence-electron chi connectivity index (χ2n) is 4.49. The zero-order valence-electron chi connectivity index (χ0n) is 12.0. The fourth-order valence-electron chi connectivity index (χ4n) is 1.57. The normalized spacial score (nSPS) is 9.71. The Morgan fingerprint density at radius 2 is 1.86 bits per heavy atom. The summed E-state index contributed by atoms with van der Waals surface area (Å²) in [5, 5.41) is 14.2. The maximum Gasteiger partial charge on any atom is 0.230 e. The van der Waals surface area contributed by atoms with Crippen LogP contribution in [0.4, 0.5) is 0 Å². The summed E-state index contributed by atoms with van der Waals surface area (Å²) >= 11 is 1.53. The summed E-state index contributed by atoms with van der Waals surface area (Å²) in [4.78, 5) is 22.2. The van der Waals surface area contributed by atoms with Crippen molar-refractivity contribution >= 4 is 23.6 Å². The van der Waals surface area contributed by atoms with Gasteiger partial charge in [0.1, 0.15) is 0 Å². The number of nitrogens with one attached hydrogen (secondary N) is 2. The molecule has 0 saturated heterocycles. The Kier molecular flexibility index (Phi) is 7.99. The van der Waals surface area contributed by atoms with Crippen molar-refractivity contribution in [2.45, 2.75) is 19.1 Å². The number of carbonyl (C=O) groups excluding carboxylic acids is 2. The van der Waals surface area contributed by atoms with Gasteiger partial charge in [0.2, 0.25) is 11.8 Å². The van der Waals surface area contributed by atoms with E-state index >= 15 is 0 Å². The van der Waals surface area contributed by atoms with E-state index in [0.717, 1.165) is 17.7 Å². The number of amides is 2. The van der Waals surface area contributed by atoms with Crippen LogP contribution in [0.2, 0.25) is 0 Å². The van der Waals surface area contributed by atoms with E-state index in [1.165, 1.54) is 18.7 Å². The van der Waals surface area contributed by atoms with E-state index in [4.69, 9.17) is 5.26 Å². The predicted molar refractivity (Wildman–Crippen MR) is 83.6 cm³/mol. The number of nitriles is 1. The van der Waals surface area contributed by atoms with Gasteiger partial charge in [0, 0.05) is 25.8 Å². The maximum atomic E-state index is 11.6. The number of nitrogens with zero attached hydrogens (tertiary/aromatic N) is 1. The van der Waals surface area contributed by atoms with Crippen molar-refractivity contribution in [2.24, 2.45) is 0 Å². The van der Waals surface area contributed by atoms with E-state index in [2.05, 4.69) is 16.7 Å². The molecule has 2 amide bonds. The number of benzene rings is 1. The molecule has 112 valence electrons. The molecule has 0 aliphatic heterocycles. The molecule has 2 N–H and O–H groups in total. The summed E-state index contributed by atoms with van der Waals surface area (Å²) in [6.07, 6.45) is 0.728. The molecule has 0 aromatic heterocycles. The zero-order chi connectivity index (χ0) is 15.5. The third kappa shape index (κ3) is 8.00. The molecular formula is C15H19N3O2S. The smallest absolute Gasteiger partial charge is 0.230 e. The molecule has 21 heavy (non-hydrogen) atoms. The van der Waals surface area contributed by atoms with Crippen molar-refractivity contribution in [1.82, 2.24) is 10.6 Å². The number of carbonyl (C=O) groups is 2. The number of hydrogen-bond donors (Lipinski definition) is 2. The third-order valence-electron chi connectivity index (χ3n) is 2.63. The van der Waals surface area contributed by atoms with Crippen LogP contribution in [-0.2, 0) is 15.3 Å². The Labute approximate surface area is 129 Å². The predicted octanol–water partition coefficient (Wildman–Crippen LogP) is 1.43. The van der Waals surface area contributed by atoms with Crippen LogP contribution in [0.1, 0.15) is 24.5 Å². The first-order chi connectivity index (χ1) is 10.1. The topological polar surface area (TPSA) is 82.0 Å². The maximum absolute atomic E-state index is 11.6. The highest BCUT2D eigenvalue weighted by Gasteiger charge is 2.02. The highest BCUT2D eigenvalue weighted by Crippen LogP contribution is 2.12. The Balaban J connectivity index is 2.10. The van der Waals surface area contributed by atoms with Gasteiger partial charge < -0.3 is 10.6 Å². The van der Waals surface area contributed by atoms with Crippen LogP contribution in [0, 0.1) is 11.3 Å². The van der Waals surface area contributed by atoms with Crippen LogP contribution in [0.15, 0.2) is 24.3 Å². The third-order valence-corrected chi connectivity index (χ3v) is 3.64. The largest absolute Gasteiger partial charge is 0.356 e. The lowest BCUT2D eigenvalue weighted by Crippen LogP contribution is -2.29. The molecule has 0 fully saturated rings. The lowest BCUT2D eigenvalue weighted by atomic mass is 10.2. The van der Waals surface area contributed by atoms with E-state index in [1.807, 2.05) is 12.1 Å². The van der Waals surface area contributed by atoms with E-state index < -0.39 is 0 Å². The van der Waals surface area contributed by atoms with E-state index in [-0.39, 0.29) is 11.8 Å².